The minimum atomic E-state index is -0.962. The van der Waals surface area contributed by atoms with E-state index < -0.39 is 5.97 Å². The molecule has 118 valence electrons. The monoisotopic (exact) mass is 303 g/mol. The summed E-state index contributed by atoms with van der Waals surface area (Å²) in [5.74, 6) is -1.03. The quantitative estimate of drug-likeness (QED) is 0.871. The van der Waals surface area contributed by atoms with E-state index in [0.717, 1.165) is 5.56 Å². The molecule has 0 bridgehead atoms. The van der Waals surface area contributed by atoms with Crippen molar-refractivity contribution in [3.8, 4) is 0 Å². The van der Waals surface area contributed by atoms with Crippen molar-refractivity contribution in [2.24, 2.45) is 0 Å². The Morgan fingerprint density at radius 2 is 1.95 bits per heavy atom. The van der Waals surface area contributed by atoms with E-state index in [1.54, 1.807) is 23.1 Å². The van der Waals surface area contributed by atoms with Crippen LogP contribution in [0.15, 0.2) is 30.3 Å². The first-order valence-electron chi connectivity index (χ1n) is 7.25. The zero-order valence-corrected chi connectivity index (χ0v) is 13.1. The summed E-state index contributed by atoms with van der Waals surface area (Å²) in [6.07, 6.45) is 3.22. The SMILES string of the molecule is CC1CN(C(=O)C=Cc2ccc(C(=O)O)cc2)CC(C)(C)O1. The third-order valence-corrected chi connectivity index (χ3v) is 3.46. The number of carboxylic acid groups (broad SMARTS) is 1. The molecule has 1 saturated heterocycles. The van der Waals surface area contributed by atoms with Crippen LogP contribution in [0.4, 0.5) is 0 Å². The number of rotatable bonds is 3. The second kappa shape index (κ2) is 6.32. The maximum absolute atomic E-state index is 12.3. The van der Waals surface area contributed by atoms with Gasteiger partial charge in [0, 0.05) is 19.2 Å². The van der Waals surface area contributed by atoms with Gasteiger partial charge in [0.15, 0.2) is 0 Å². The summed E-state index contributed by atoms with van der Waals surface area (Å²) in [7, 11) is 0. The van der Waals surface area contributed by atoms with Gasteiger partial charge in [-0.3, -0.25) is 4.79 Å². The summed E-state index contributed by atoms with van der Waals surface area (Å²) < 4.78 is 5.78. The van der Waals surface area contributed by atoms with Crippen LogP contribution in [-0.4, -0.2) is 46.7 Å². The summed E-state index contributed by atoms with van der Waals surface area (Å²) in [4.78, 5) is 24.8. The molecule has 1 aliphatic heterocycles. The van der Waals surface area contributed by atoms with Crippen LogP contribution in [-0.2, 0) is 9.53 Å². The number of ether oxygens (including phenoxy) is 1. The molecule has 1 aromatic rings. The fourth-order valence-electron chi connectivity index (χ4n) is 2.63. The highest BCUT2D eigenvalue weighted by Gasteiger charge is 2.32. The second-order valence-electron chi connectivity index (χ2n) is 6.17. The fraction of sp³-hybridized carbons (Fsp3) is 0.412. The van der Waals surface area contributed by atoms with Crippen LogP contribution in [0.25, 0.3) is 6.08 Å². The highest BCUT2D eigenvalue weighted by atomic mass is 16.5. The molecule has 1 aromatic carbocycles. The van der Waals surface area contributed by atoms with Gasteiger partial charge in [-0.25, -0.2) is 4.79 Å². The van der Waals surface area contributed by atoms with Crippen LogP contribution in [0.5, 0.6) is 0 Å². The van der Waals surface area contributed by atoms with Crippen LogP contribution in [0, 0.1) is 0 Å². The molecule has 0 aliphatic carbocycles. The Balaban J connectivity index is 2.03. The summed E-state index contributed by atoms with van der Waals surface area (Å²) in [5, 5.41) is 8.85. The highest BCUT2D eigenvalue weighted by Crippen LogP contribution is 2.21. The average Bonchev–Trinajstić information content (AvgIpc) is 2.43. The normalized spacial score (nSPS) is 21.0. The van der Waals surface area contributed by atoms with Gasteiger partial charge in [0.25, 0.3) is 0 Å². The van der Waals surface area contributed by atoms with E-state index in [4.69, 9.17) is 9.84 Å². The van der Waals surface area contributed by atoms with Crippen LogP contribution < -0.4 is 0 Å². The van der Waals surface area contributed by atoms with Crippen molar-refractivity contribution in [3.63, 3.8) is 0 Å². The number of benzene rings is 1. The molecule has 2 rings (SSSR count). The van der Waals surface area contributed by atoms with Crippen molar-refractivity contribution in [3.05, 3.63) is 41.5 Å². The molecule has 1 unspecified atom stereocenters. The molecular weight excluding hydrogens is 282 g/mol. The molecule has 1 atom stereocenters. The van der Waals surface area contributed by atoms with Gasteiger partial charge in [0.2, 0.25) is 5.91 Å². The fourth-order valence-corrected chi connectivity index (χ4v) is 2.63. The Kier molecular flexibility index (Phi) is 4.66. The van der Waals surface area contributed by atoms with Crippen molar-refractivity contribution in [2.75, 3.05) is 13.1 Å². The predicted octanol–water partition coefficient (Wildman–Crippen LogP) is 2.42. The average molecular weight is 303 g/mol. The molecule has 1 amide bonds. The number of carbonyl (C=O) groups is 2. The molecule has 1 N–H and O–H groups in total. The van der Waals surface area contributed by atoms with Crippen LogP contribution in [0.2, 0.25) is 0 Å². The third kappa shape index (κ3) is 4.18. The van der Waals surface area contributed by atoms with Gasteiger partial charge >= 0.3 is 5.97 Å². The summed E-state index contributed by atoms with van der Waals surface area (Å²) in [6.45, 7) is 7.02. The topological polar surface area (TPSA) is 66.8 Å². The Labute approximate surface area is 130 Å². The van der Waals surface area contributed by atoms with Crippen molar-refractivity contribution in [2.45, 2.75) is 32.5 Å². The number of morpholine rings is 1. The molecule has 5 nitrogen and oxygen atoms in total. The van der Waals surface area contributed by atoms with Crippen molar-refractivity contribution in [1.29, 1.82) is 0 Å². The maximum atomic E-state index is 12.3. The van der Waals surface area contributed by atoms with E-state index in [1.807, 2.05) is 20.8 Å². The third-order valence-electron chi connectivity index (χ3n) is 3.46. The van der Waals surface area contributed by atoms with Crippen molar-refractivity contribution < 1.29 is 19.4 Å². The molecule has 5 heteroatoms. The maximum Gasteiger partial charge on any atom is 0.335 e. The molecule has 0 aromatic heterocycles. The van der Waals surface area contributed by atoms with E-state index in [9.17, 15) is 9.59 Å². The smallest absolute Gasteiger partial charge is 0.335 e. The number of amides is 1. The van der Waals surface area contributed by atoms with Crippen LogP contribution >= 0.6 is 0 Å². The summed E-state index contributed by atoms with van der Waals surface area (Å²) in [5.41, 5.74) is 0.677. The number of nitrogens with zero attached hydrogens (tertiary/aromatic N) is 1. The lowest BCUT2D eigenvalue weighted by molar-refractivity contribution is -0.153. The number of hydrogen-bond donors (Lipinski definition) is 1. The Morgan fingerprint density at radius 3 is 2.50 bits per heavy atom. The molecule has 1 aliphatic rings. The van der Waals surface area contributed by atoms with Gasteiger partial charge < -0.3 is 14.7 Å². The van der Waals surface area contributed by atoms with Gasteiger partial charge in [-0.2, -0.15) is 0 Å². The largest absolute Gasteiger partial charge is 0.478 e. The molecule has 0 saturated carbocycles. The number of aromatic carboxylic acids is 1. The zero-order valence-electron chi connectivity index (χ0n) is 13.1. The van der Waals surface area contributed by atoms with Crippen molar-refractivity contribution in [1.82, 2.24) is 4.90 Å². The van der Waals surface area contributed by atoms with Gasteiger partial charge in [0.1, 0.15) is 0 Å². The van der Waals surface area contributed by atoms with Gasteiger partial charge in [-0.15, -0.1) is 0 Å². The zero-order chi connectivity index (χ0) is 16.3. The lowest BCUT2D eigenvalue weighted by Gasteiger charge is -2.41. The van der Waals surface area contributed by atoms with E-state index in [-0.39, 0.29) is 23.2 Å². The number of hydrogen-bond acceptors (Lipinski definition) is 3. The molecule has 1 fully saturated rings. The first-order chi connectivity index (χ1) is 10.3. The lowest BCUT2D eigenvalue weighted by Crippen LogP contribution is -2.53. The number of carboxylic acids is 1. The first-order valence-corrected chi connectivity index (χ1v) is 7.25. The Hall–Kier alpha value is -2.14. The van der Waals surface area contributed by atoms with Crippen LogP contribution in [0.3, 0.4) is 0 Å². The summed E-state index contributed by atoms with van der Waals surface area (Å²) >= 11 is 0. The van der Waals surface area contributed by atoms with Gasteiger partial charge in [0.05, 0.1) is 17.3 Å². The minimum absolute atomic E-state index is 0.0101. The molecular formula is C17H21NO4. The highest BCUT2D eigenvalue weighted by molar-refractivity contribution is 5.92. The van der Waals surface area contributed by atoms with E-state index >= 15 is 0 Å². The molecule has 0 spiro atoms. The van der Waals surface area contributed by atoms with Crippen LogP contribution in [0.1, 0.15) is 36.7 Å². The number of carbonyl (C=O) groups excluding carboxylic acids is 1. The Morgan fingerprint density at radius 1 is 1.32 bits per heavy atom. The molecule has 1 heterocycles. The van der Waals surface area contributed by atoms with Gasteiger partial charge in [-0.1, -0.05) is 12.1 Å². The van der Waals surface area contributed by atoms with E-state index in [1.165, 1.54) is 18.2 Å². The molecule has 22 heavy (non-hydrogen) atoms. The lowest BCUT2D eigenvalue weighted by atomic mass is 10.1. The van der Waals surface area contributed by atoms with E-state index in [2.05, 4.69) is 0 Å². The Bertz CT molecular complexity index is 589. The minimum Gasteiger partial charge on any atom is -0.478 e. The predicted molar refractivity (Wildman–Crippen MR) is 83.6 cm³/mol. The molecule has 0 radical (unpaired) electrons. The standard InChI is InChI=1S/C17H21NO4/c1-12-10-18(11-17(2,3)22-12)15(19)9-6-13-4-7-14(8-5-13)16(20)21/h4-9,12H,10-11H2,1-3H3,(H,20,21). The van der Waals surface area contributed by atoms with Gasteiger partial charge in [-0.05, 0) is 44.5 Å². The summed E-state index contributed by atoms with van der Waals surface area (Å²) in [6, 6.07) is 6.40. The van der Waals surface area contributed by atoms with E-state index in [0.29, 0.717) is 13.1 Å². The van der Waals surface area contributed by atoms with Crippen molar-refractivity contribution >= 4 is 18.0 Å². The first kappa shape index (κ1) is 16.2. The second-order valence-corrected chi connectivity index (χ2v) is 6.17.